The molecule has 6 heteroatoms. The fourth-order valence-corrected chi connectivity index (χ4v) is 2.94. The van der Waals surface area contributed by atoms with Crippen LogP contribution in [-0.2, 0) is 9.53 Å². The number of hydrogen-bond donors (Lipinski definition) is 1. The van der Waals surface area contributed by atoms with Crippen LogP contribution in [0.1, 0.15) is 49.1 Å². The molecule has 3 rings (SSSR count). The monoisotopic (exact) mass is 415 g/mol. The number of esters is 1. The van der Waals surface area contributed by atoms with Crippen molar-refractivity contribution in [1.29, 1.82) is 0 Å². The first-order valence-corrected chi connectivity index (χ1v) is 9.63. The van der Waals surface area contributed by atoms with Crippen molar-refractivity contribution in [3.8, 4) is 0 Å². The molecule has 0 fully saturated rings. The third kappa shape index (κ3) is 5.51. The third-order valence-electron chi connectivity index (χ3n) is 4.59. The molecule has 1 N–H and O–H groups in total. The number of aryl methyl sites for hydroxylation is 1. The second kappa shape index (κ2) is 9.63. The molecule has 0 saturated carbocycles. The standard InChI is InChI=1S/C25H21NO5/c1-16-10-12-18(13-11-16)24(29)21-8-3-4-9-22(21)25(30)31-15-23(28)26-20-7-5-6-19(14-20)17(2)27/h3-14H,15H2,1-2H3,(H,26,28). The fraction of sp³-hybridized carbons (Fsp3) is 0.120. The predicted molar refractivity (Wildman–Crippen MR) is 116 cm³/mol. The van der Waals surface area contributed by atoms with E-state index in [4.69, 9.17) is 4.74 Å². The first-order valence-electron chi connectivity index (χ1n) is 9.63. The molecule has 0 aromatic heterocycles. The Morgan fingerprint density at radius 1 is 0.806 bits per heavy atom. The van der Waals surface area contributed by atoms with E-state index in [1.54, 1.807) is 48.5 Å². The van der Waals surface area contributed by atoms with Crippen LogP contribution >= 0.6 is 0 Å². The number of carbonyl (C=O) groups is 4. The molecule has 0 aliphatic heterocycles. The van der Waals surface area contributed by atoms with Crippen LogP contribution in [0, 0.1) is 6.92 Å². The van der Waals surface area contributed by atoms with Crippen LogP contribution in [0.25, 0.3) is 0 Å². The largest absolute Gasteiger partial charge is 0.452 e. The lowest BCUT2D eigenvalue weighted by Gasteiger charge is -2.10. The molecule has 156 valence electrons. The minimum Gasteiger partial charge on any atom is -0.452 e. The number of benzene rings is 3. The first-order chi connectivity index (χ1) is 14.8. The van der Waals surface area contributed by atoms with E-state index in [1.165, 1.54) is 19.1 Å². The quantitative estimate of drug-likeness (QED) is 0.461. The van der Waals surface area contributed by atoms with Gasteiger partial charge in [-0.05, 0) is 32.0 Å². The number of hydrogen-bond acceptors (Lipinski definition) is 5. The highest BCUT2D eigenvalue weighted by Gasteiger charge is 2.20. The van der Waals surface area contributed by atoms with Gasteiger partial charge in [0.1, 0.15) is 0 Å². The maximum atomic E-state index is 12.8. The van der Waals surface area contributed by atoms with Gasteiger partial charge in [0, 0.05) is 22.4 Å². The SMILES string of the molecule is CC(=O)c1cccc(NC(=O)COC(=O)c2ccccc2C(=O)c2ccc(C)cc2)c1. The smallest absolute Gasteiger partial charge is 0.339 e. The summed E-state index contributed by atoms with van der Waals surface area (Å²) in [5.74, 6) is -1.77. The topological polar surface area (TPSA) is 89.5 Å². The molecule has 6 nitrogen and oxygen atoms in total. The lowest BCUT2D eigenvalue weighted by Crippen LogP contribution is -2.22. The molecule has 3 aromatic carbocycles. The van der Waals surface area contributed by atoms with Gasteiger partial charge in [0.05, 0.1) is 5.56 Å². The summed E-state index contributed by atoms with van der Waals surface area (Å²) in [7, 11) is 0. The summed E-state index contributed by atoms with van der Waals surface area (Å²) < 4.78 is 5.12. The Morgan fingerprint density at radius 2 is 1.48 bits per heavy atom. The van der Waals surface area contributed by atoms with E-state index < -0.39 is 18.5 Å². The number of nitrogens with one attached hydrogen (secondary N) is 1. The molecule has 31 heavy (non-hydrogen) atoms. The molecule has 0 atom stereocenters. The van der Waals surface area contributed by atoms with Gasteiger partial charge in [-0.2, -0.15) is 0 Å². The van der Waals surface area contributed by atoms with Gasteiger partial charge in [-0.3, -0.25) is 14.4 Å². The van der Waals surface area contributed by atoms with Crippen molar-refractivity contribution in [1.82, 2.24) is 0 Å². The van der Waals surface area contributed by atoms with Crippen LogP contribution in [-0.4, -0.2) is 30.0 Å². The number of rotatable bonds is 7. The Balaban J connectivity index is 1.68. The highest BCUT2D eigenvalue weighted by molar-refractivity contribution is 6.14. The van der Waals surface area contributed by atoms with Crippen molar-refractivity contribution in [2.24, 2.45) is 0 Å². The van der Waals surface area contributed by atoms with Gasteiger partial charge in [-0.1, -0.05) is 60.2 Å². The van der Waals surface area contributed by atoms with Gasteiger partial charge in [-0.15, -0.1) is 0 Å². The average Bonchev–Trinajstić information content (AvgIpc) is 2.77. The second-order valence-corrected chi connectivity index (χ2v) is 7.00. The van der Waals surface area contributed by atoms with E-state index >= 15 is 0 Å². The summed E-state index contributed by atoms with van der Waals surface area (Å²) in [4.78, 5) is 49.0. The maximum Gasteiger partial charge on any atom is 0.339 e. The number of ether oxygens (including phenoxy) is 1. The minimum atomic E-state index is -0.774. The number of anilines is 1. The van der Waals surface area contributed by atoms with E-state index in [9.17, 15) is 19.2 Å². The van der Waals surface area contributed by atoms with Gasteiger partial charge >= 0.3 is 5.97 Å². The molecular formula is C25H21NO5. The molecule has 0 heterocycles. The highest BCUT2D eigenvalue weighted by atomic mass is 16.5. The van der Waals surface area contributed by atoms with Crippen molar-refractivity contribution in [2.45, 2.75) is 13.8 Å². The summed E-state index contributed by atoms with van der Waals surface area (Å²) in [6.45, 7) is 2.81. The van der Waals surface area contributed by atoms with Crippen molar-refractivity contribution in [3.63, 3.8) is 0 Å². The van der Waals surface area contributed by atoms with Crippen molar-refractivity contribution >= 4 is 29.1 Å². The lowest BCUT2D eigenvalue weighted by molar-refractivity contribution is -0.119. The lowest BCUT2D eigenvalue weighted by atomic mass is 9.98. The van der Waals surface area contributed by atoms with Crippen molar-refractivity contribution in [3.05, 3.63) is 101 Å². The third-order valence-corrected chi connectivity index (χ3v) is 4.59. The van der Waals surface area contributed by atoms with Crippen LogP contribution in [0.5, 0.6) is 0 Å². The fourth-order valence-electron chi connectivity index (χ4n) is 2.94. The molecule has 0 aliphatic rings. The molecule has 1 amide bonds. The van der Waals surface area contributed by atoms with E-state index in [0.717, 1.165) is 5.56 Å². The summed E-state index contributed by atoms with van der Waals surface area (Å²) >= 11 is 0. The van der Waals surface area contributed by atoms with Crippen LogP contribution < -0.4 is 5.32 Å². The Morgan fingerprint density at radius 3 is 2.16 bits per heavy atom. The zero-order valence-electron chi connectivity index (χ0n) is 17.2. The van der Waals surface area contributed by atoms with Crippen LogP contribution in [0.2, 0.25) is 0 Å². The molecular weight excluding hydrogens is 394 g/mol. The van der Waals surface area contributed by atoms with E-state index in [2.05, 4.69) is 5.32 Å². The zero-order valence-corrected chi connectivity index (χ0v) is 17.2. The number of carbonyl (C=O) groups excluding carboxylic acids is 4. The van der Waals surface area contributed by atoms with Gasteiger partial charge in [-0.25, -0.2) is 4.79 Å². The van der Waals surface area contributed by atoms with Crippen LogP contribution in [0.3, 0.4) is 0 Å². The van der Waals surface area contributed by atoms with E-state index in [1.807, 2.05) is 19.1 Å². The Kier molecular flexibility index (Phi) is 6.72. The second-order valence-electron chi connectivity index (χ2n) is 7.00. The Bertz CT molecular complexity index is 1150. The molecule has 0 bridgehead atoms. The van der Waals surface area contributed by atoms with E-state index in [-0.39, 0.29) is 22.7 Å². The minimum absolute atomic E-state index is 0.0828. The molecule has 0 unspecified atom stereocenters. The Labute approximate surface area is 179 Å². The molecule has 0 saturated heterocycles. The molecule has 0 aliphatic carbocycles. The normalized spacial score (nSPS) is 10.3. The van der Waals surface area contributed by atoms with Crippen molar-refractivity contribution in [2.75, 3.05) is 11.9 Å². The summed E-state index contributed by atoms with van der Waals surface area (Å²) in [5, 5.41) is 2.58. The maximum absolute atomic E-state index is 12.8. The van der Waals surface area contributed by atoms with Gasteiger partial charge < -0.3 is 10.1 Å². The van der Waals surface area contributed by atoms with E-state index in [0.29, 0.717) is 16.8 Å². The molecule has 3 aromatic rings. The van der Waals surface area contributed by atoms with Crippen LogP contribution in [0.15, 0.2) is 72.8 Å². The summed E-state index contributed by atoms with van der Waals surface area (Å²) in [5.41, 5.74) is 2.63. The Hall–Kier alpha value is -4.06. The highest BCUT2D eigenvalue weighted by Crippen LogP contribution is 2.17. The number of Topliss-reactive ketones (excluding diaryl/α,β-unsaturated/α-hetero) is 1. The summed E-state index contributed by atoms with van der Waals surface area (Å²) in [6.07, 6.45) is 0. The summed E-state index contributed by atoms with van der Waals surface area (Å²) in [6, 6.07) is 19.8. The number of ketones is 2. The van der Waals surface area contributed by atoms with Gasteiger partial charge in [0.25, 0.3) is 5.91 Å². The number of amides is 1. The zero-order chi connectivity index (χ0) is 22.4. The first kappa shape index (κ1) is 21.6. The van der Waals surface area contributed by atoms with Crippen LogP contribution in [0.4, 0.5) is 5.69 Å². The van der Waals surface area contributed by atoms with Crippen molar-refractivity contribution < 1.29 is 23.9 Å². The molecule has 0 spiro atoms. The predicted octanol–water partition coefficient (Wildman–Crippen LogP) is 4.22. The van der Waals surface area contributed by atoms with Gasteiger partial charge in [0.15, 0.2) is 18.2 Å². The van der Waals surface area contributed by atoms with Gasteiger partial charge in [0.2, 0.25) is 0 Å². The average molecular weight is 415 g/mol. The molecule has 0 radical (unpaired) electrons.